The highest BCUT2D eigenvalue weighted by atomic mass is 16.5. The molecule has 0 atom stereocenters. The summed E-state index contributed by atoms with van der Waals surface area (Å²) in [5, 5.41) is 0. The van der Waals surface area contributed by atoms with Gasteiger partial charge in [0.25, 0.3) is 5.91 Å². The van der Waals surface area contributed by atoms with Crippen molar-refractivity contribution in [3.63, 3.8) is 0 Å². The molecule has 86 valence electrons. The van der Waals surface area contributed by atoms with Crippen molar-refractivity contribution in [3.05, 3.63) is 29.6 Å². The standard InChI is InChI=1S/C12H16N2O2/c1-2-10-4-3-5-13-11(10)12(15)14-6-8-16-9-7-14/h3-5H,2,6-9H2,1H3. The van der Waals surface area contributed by atoms with E-state index in [1.807, 2.05) is 24.0 Å². The van der Waals surface area contributed by atoms with Gasteiger partial charge in [-0.25, -0.2) is 0 Å². The van der Waals surface area contributed by atoms with E-state index in [1.165, 1.54) is 0 Å². The van der Waals surface area contributed by atoms with Crippen molar-refractivity contribution in [2.45, 2.75) is 13.3 Å². The molecule has 1 saturated heterocycles. The number of aromatic nitrogens is 1. The van der Waals surface area contributed by atoms with Crippen LogP contribution in [0.2, 0.25) is 0 Å². The molecular formula is C12H16N2O2. The molecule has 2 heterocycles. The molecule has 0 radical (unpaired) electrons. The minimum Gasteiger partial charge on any atom is -0.378 e. The first-order valence-corrected chi connectivity index (χ1v) is 5.64. The summed E-state index contributed by atoms with van der Waals surface area (Å²) < 4.78 is 5.23. The summed E-state index contributed by atoms with van der Waals surface area (Å²) in [4.78, 5) is 18.2. The highest BCUT2D eigenvalue weighted by Gasteiger charge is 2.21. The third-order valence-corrected chi connectivity index (χ3v) is 2.77. The molecule has 2 rings (SSSR count). The van der Waals surface area contributed by atoms with Crippen LogP contribution in [-0.4, -0.2) is 42.1 Å². The average Bonchev–Trinajstić information content (AvgIpc) is 2.39. The van der Waals surface area contributed by atoms with Crippen molar-refractivity contribution < 1.29 is 9.53 Å². The Hall–Kier alpha value is -1.42. The van der Waals surface area contributed by atoms with Crippen LogP contribution >= 0.6 is 0 Å². The quantitative estimate of drug-likeness (QED) is 0.750. The molecule has 0 unspecified atom stereocenters. The molecule has 0 saturated carbocycles. The van der Waals surface area contributed by atoms with Crippen LogP contribution in [0.25, 0.3) is 0 Å². The Kier molecular flexibility index (Phi) is 3.51. The number of nitrogens with zero attached hydrogens (tertiary/aromatic N) is 2. The van der Waals surface area contributed by atoms with Gasteiger partial charge < -0.3 is 9.64 Å². The number of ether oxygens (including phenoxy) is 1. The Labute approximate surface area is 95.2 Å². The zero-order valence-electron chi connectivity index (χ0n) is 9.48. The molecule has 1 aromatic rings. The van der Waals surface area contributed by atoms with Gasteiger partial charge in [0.2, 0.25) is 0 Å². The van der Waals surface area contributed by atoms with Crippen molar-refractivity contribution in [1.29, 1.82) is 0 Å². The number of rotatable bonds is 2. The van der Waals surface area contributed by atoms with Crippen LogP contribution in [-0.2, 0) is 11.2 Å². The van der Waals surface area contributed by atoms with Gasteiger partial charge in [-0.05, 0) is 18.1 Å². The van der Waals surface area contributed by atoms with Gasteiger partial charge in [0.1, 0.15) is 5.69 Å². The summed E-state index contributed by atoms with van der Waals surface area (Å²) in [6, 6.07) is 3.83. The summed E-state index contributed by atoms with van der Waals surface area (Å²) in [5.41, 5.74) is 1.60. The van der Waals surface area contributed by atoms with Crippen LogP contribution in [0, 0.1) is 0 Å². The van der Waals surface area contributed by atoms with Gasteiger partial charge in [0, 0.05) is 19.3 Å². The maximum absolute atomic E-state index is 12.2. The molecule has 16 heavy (non-hydrogen) atoms. The van der Waals surface area contributed by atoms with E-state index in [9.17, 15) is 4.79 Å². The van der Waals surface area contributed by atoms with E-state index in [1.54, 1.807) is 6.20 Å². The smallest absolute Gasteiger partial charge is 0.272 e. The molecule has 0 aromatic carbocycles. The Morgan fingerprint density at radius 2 is 2.25 bits per heavy atom. The van der Waals surface area contributed by atoms with Gasteiger partial charge in [-0.3, -0.25) is 9.78 Å². The molecule has 1 amide bonds. The Balaban J connectivity index is 2.19. The molecule has 0 aliphatic carbocycles. The molecule has 0 N–H and O–H groups in total. The monoisotopic (exact) mass is 220 g/mol. The summed E-state index contributed by atoms with van der Waals surface area (Å²) >= 11 is 0. The van der Waals surface area contributed by atoms with E-state index in [-0.39, 0.29) is 5.91 Å². The molecular weight excluding hydrogens is 204 g/mol. The molecule has 1 aromatic heterocycles. The van der Waals surface area contributed by atoms with Crippen LogP contribution in [0.4, 0.5) is 0 Å². The first kappa shape index (κ1) is 11.1. The maximum atomic E-state index is 12.2. The number of carbonyl (C=O) groups is 1. The lowest BCUT2D eigenvalue weighted by atomic mass is 10.1. The molecule has 4 nitrogen and oxygen atoms in total. The van der Waals surface area contributed by atoms with E-state index >= 15 is 0 Å². The van der Waals surface area contributed by atoms with Crippen LogP contribution in [0.3, 0.4) is 0 Å². The second-order valence-corrected chi connectivity index (χ2v) is 3.77. The molecule has 0 spiro atoms. The summed E-state index contributed by atoms with van der Waals surface area (Å²) in [6.07, 6.45) is 2.51. The Morgan fingerprint density at radius 3 is 2.94 bits per heavy atom. The SMILES string of the molecule is CCc1cccnc1C(=O)N1CCOCC1. The number of amides is 1. The first-order valence-electron chi connectivity index (χ1n) is 5.64. The second kappa shape index (κ2) is 5.07. The van der Waals surface area contributed by atoms with E-state index in [4.69, 9.17) is 4.74 Å². The third kappa shape index (κ3) is 2.22. The molecule has 1 aliphatic rings. The van der Waals surface area contributed by atoms with Gasteiger partial charge in [-0.15, -0.1) is 0 Å². The van der Waals surface area contributed by atoms with Gasteiger partial charge >= 0.3 is 0 Å². The Morgan fingerprint density at radius 1 is 1.50 bits per heavy atom. The second-order valence-electron chi connectivity index (χ2n) is 3.77. The van der Waals surface area contributed by atoms with E-state index in [0.29, 0.717) is 32.0 Å². The van der Waals surface area contributed by atoms with E-state index in [2.05, 4.69) is 4.98 Å². The first-order chi connectivity index (χ1) is 7.83. The number of morpholine rings is 1. The van der Waals surface area contributed by atoms with Crippen molar-refractivity contribution in [1.82, 2.24) is 9.88 Å². The molecule has 4 heteroatoms. The fourth-order valence-corrected chi connectivity index (χ4v) is 1.83. The highest BCUT2D eigenvalue weighted by Crippen LogP contribution is 2.10. The molecule has 0 bridgehead atoms. The minimum atomic E-state index is 0.0285. The summed E-state index contributed by atoms with van der Waals surface area (Å²) in [7, 11) is 0. The highest BCUT2D eigenvalue weighted by molar-refractivity contribution is 5.93. The number of aryl methyl sites for hydroxylation is 1. The number of hydrogen-bond acceptors (Lipinski definition) is 3. The predicted molar refractivity (Wildman–Crippen MR) is 60.3 cm³/mol. The average molecular weight is 220 g/mol. The lowest BCUT2D eigenvalue weighted by molar-refractivity contribution is 0.0298. The van der Waals surface area contributed by atoms with Crippen molar-refractivity contribution in [2.75, 3.05) is 26.3 Å². The van der Waals surface area contributed by atoms with E-state index in [0.717, 1.165) is 12.0 Å². The summed E-state index contributed by atoms with van der Waals surface area (Å²) in [5.74, 6) is 0.0285. The Bertz CT molecular complexity index is 373. The lowest BCUT2D eigenvalue weighted by Gasteiger charge is -2.27. The van der Waals surface area contributed by atoms with Crippen molar-refractivity contribution in [3.8, 4) is 0 Å². The number of pyridine rings is 1. The zero-order valence-corrected chi connectivity index (χ0v) is 9.48. The lowest BCUT2D eigenvalue weighted by Crippen LogP contribution is -2.41. The minimum absolute atomic E-state index is 0.0285. The van der Waals surface area contributed by atoms with Gasteiger partial charge in [0.05, 0.1) is 13.2 Å². The van der Waals surface area contributed by atoms with Crippen LogP contribution in [0.15, 0.2) is 18.3 Å². The molecule has 1 aliphatic heterocycles. The number of carbonyl (C=O) groups excluding carboxylic acids is 1. The van der Waals surface area contributed by atoms with Gasteiger partial charge in [0.15, 0.2) is 0 Å². The number of hydrogen-bond donors (Lipinski definition) is 0. The topological polar surface area (TPSA) is 42.4 Å². The largest absolute Gasteiger partial charge is 0.378 e. The predicted octanol–water partition coefficient (Wildman–Crippen LogP) is 1.12. The van der Waals surface area contributed by atoms with Gasteiger partial charge in [-0.2, -0.15) is 0 Å². The van der Waals surface area contributed by atoms with Crippen molar-refractivity contribution >= 4 is 5.91 Å². The van der Waals surface area contributed by atoms with Crippen LogP contribution in [0.5, 0.6) is 0 Å². The van der Waals surface area contributed by atoms with E-state index < -0.39 is 0 Å². The summed E-state index contributed by atoms with van der Waals surface area (Å²) in [6.45, 7) is 4.62. The van der Waals surface area contributed by atoms with Crippen molar-refractivity contribution in [2.24, 2.45) is 0 Å². The van der Waals surface area contributed by atoms with Gasteiger partial charge in [-0.1, -0.05) is 13.0 Å². The fourth-order valence-electron chi connectivity index (χ4n) is 1.83. The molecule has 1 fully saturated rings. The third-order valence-electron chi connectivity index (χ3n) is 2.77. The van der Waals surface area contributed by atoms with Crippen LogP contribution in [0.1, 0.15) is 23.0 Å². The normalized spacial score (nSPS) is 16.2. The maximum Gasteiger partial charge on any atom is 0.272 e. The fraction of sp³-hybridized carbons (Fsp3) is 0.500. The van der Waals surface area contributed by atoms with Crippen LogP contribution < -0.4 is 0 Å². The zero-order chi connectivity index (χ0) is 11.4.